The summed E-state index contributed by atoms with van der Waals surface area (Å²) in [7, 11) is 1.60. The Bertz CT molecular complexity index is 1030. The highest BCUT2D eigenvalue weighted by Crippen LogP contribution is 2.31. The minimum Gasteiger partial charge on any atom is -0.497 e. The summed E-state index contributed by atoms with van der Waals surface area (Å²) in [5, 5.41) is 11.4. The maximum Gasteiger partial charge on any atom is 0.267 e. The van der Waals surface area contributed by atoms with Crippen LogP contribution >= 0.6 is 23.1 Å². The van der Waals surface area contributed by atoms with Crippen molar-refractivity contribution in [2.45, 2.75) is 44.9 Å². The molecule has 1 aromatic carbocycles. The van der Waals surface area contributed by atoms with E-state index < -0.39 is 5.60 Å². The largest absolute Gasteiger partial charge is 0.497 e. The Balaban J connectivity index is 2.28. The lowest BCUT2D eigenvalue weighted by Crippen LogP contribution is -2.25. The van der Waals surface area contributed by atoms with Crippen LogP contribution in [0.3, 0.4) is 0 Å². The monoisotopic (exact) mass is 404 g/mol. The number of ether oxygens (including phenoxy) is 1. The van der Waals surface area contributed by atoms with E-state index in [1.54, 1.807) is 36.9 Å². The summed E-state index contributed by atoms with van der Waals surface area (Å²) in [6.45, 7) is 7.57. The number of nitrogens with zero attached hydrogens (tertiary/aromatic N) is 2. The van der Waals surface area contributed by atoms with Crippen molar-refractivity contribution in [3.05, 3.63) is 45.1 Å². The summed E-state index contributed by atoms with van der Waals surface area (Å²) < 4.78 is 6.95. The number of aliphatic hydroxyl groups is 1. The predicted molar refractivity (Wildman–Crippen MR) is 113 cm³/mol. The van der Waals surface area contributed by atoms with Crippen LogP contribution in [0, 0.1) is 6.92 Å². The molecule has 0 atom stereocenters. The highest BCUT2D eigenvalue weighted by atomic mass is 32.2. The topological polar surface area (TPSA) is 64.3 Å². The summed E-state index contributed by atoms with van der Waals surface area (Å²) in [6, 6.07) is 7.39. The van der Waals surface area contributed by atoms with Gasteiger partial charge in [-0.3, -0.25) is 9.36 Å². The second-order valence-electron chi connectivity index (χ2n) is 7.02. The number of hydrogen-bond donors (Lipinski definition) is 1. The van der Waals surface area contributed by atoms with Crippen molar-refractivity contribution in [2.24, 2.45) is 0 Å². The summed E-state index contributed by atoms with van der Waals surface area (Å²) in [6.07, 6.45) is 0.873. The van der Waals surface area contributed by atoms with Crippen LogP contribution in [0.4, 0.5) is 0 Å². The van der Waals surface area contributed by atoms with Crippen molar-refractivity contribution in [3.8, 4) is 11.4 Å². The molecule has 0 spiro atoms. The van der Waals surface area contributed by atoms with Crippen LogP contribution in [0.2, 0.25) is 0 Å². The van der Waals surface area contributed by atoms with Crippen molar-refractivity contribution in [1.29, 1.82) is 0 Å². The molecular weight excluding hydrogens is 380 g/mol. The lowest BCUT2D eigenvalue weighted by molar-refractivity contribution is 0.107. The van der Waals surface area contributed by atoms with Crippen molar-refractivity contribution in [3.63, 3.8) is 0 Å². The maximum atomic E-state index is 13.4. The average molecular weight is 405 g/mol. The number of thiophene rings is 1. The van der Waals surface area contributed by atoms with Crippen LogP contribution < -0.4 is 10.3 Å². The summed E-state index contributed by atoms with van der Waals surface area (Å²) >= 11 is 2.95. The number of methoxy groups -OCH3 is 1. The molecular formula is C20H24N2O3S2. The highest BCUT2D eigenvalue weighted by molar-refractivity contribution is 7.99. The molecule has 0 unspecified atom stereocenters. The first-order valence-electron chi connectivity index (χ1n) is 8.79. The zero-order valence-corrected chi connectivity index (χ0v) is 17.8. The molecule has 0 fully saturated rings. The Kier molecular flexibility index (Phi) is 5.65. The Hall–Kier alpha value is -1.83. The van der Waals surface area contributed by atoms with E-state index in [1.807, 2.05) is 31.2 Å². The van der Waals surface area contributed by atoms with Crippen LogP contribution in [-0.4, -0.2) is 33.1 Å². The van der Waals surface area contributed by atoms with E-state index in [4.69, 9.17) is 9.72 Å². The van der Waals surface area contributed by atoms with Crippen molar-refractivity contribution in [1.82, 2.24) is 9.55 Å². The van der Waals surface area contributed by atoms with E-state index in [0.717, 1.165) is 16.8 Å². The van der Waals surface area contributed by atoms with Gasteiger partial charge in [0.15, 0.2) is 5.16 Å². The molecule has 0 amide bonds. The minimum absolute atomic E-state index is 0.0834. The molecule has 2 aromatic heterocycles. The molecule has 0 aliphatic rings. The molecule has 1 N–H and O–H groups in total. The van der Waals surface area contributed by atoms with Crippen molar-refractivity contribution >= 4 is 33.3 Å². The molecule has 5 nitrogen and oxygen atoms in total. The quantitative estimate of drug-likeness (QED) is 0.493. The smallest absolute Gasteiger partial charge is 0.267 e. The molecule has 0 saturated carbocycles. The molecule has 0 radical (unpaired) electrons. The van der Waals surface area contributed by atoms with E-state index in [-0.39, 0.29) is 5.56 Å². The first-order chi connectivity index (χ1) is 12.7. The van der Waals surface area contributed by atoms with Crippen molar-refractivity contribution in [2.75, 3.05) is 12.9 Å². The first kappa shape index (κ1) is 19.9. The number of hydrogen-bond acceptors (Lipinski definition) is 6. The Morgan fingerprint density at radius 3 is 2.74 bits per heavy atom. The first-order valence-corrected chi connectivity index (χ1v) is 10.6. The fraction of sp³-hybridized carbons (Fsp3) is 0.400. The molecule has 0 bridgehead atoms. The molecule has 0 saturated heterocycles. The van der Waals surface area contributed by atoms with E-state index in [1.165, 1.54) is 16.6 Å². The van der Waals surface area contributed by atoms with E-state index in [9.17, 15) is 9.90 Å². The van der Waals surface area contributed by atoms with Gasteiger partial charge in [0, 0.05) is 16.7 Å². The molecule has 3 aromatic rings. The Morgan fingerprint density at radius 2 is 2.11 bits per heavy atom. The minimum atomic E-state index is -0.865. The zero-order chi connectivity index (χ0) is 19.8. The van der Waals surface area contributed by atoms with Crippen LogP contribution in [-0.2, 0) is 6.42 Å². The van der Waals surface area contributed by atoms with Crippen LogP contribution in [0.1, 0.15) is 31.2 Å². The number of thioether (sulfide) groups is 1. The summed E-state index contributed by atoms with van der Waals surface area (Å²) in [5.74, 6) is 1.11. The third-order valence-electron chi connectivity index (χ3n) is 4.22. The fourth-order valence-corrected chi connectivity index (χ4v) is 4.98. The van der Waals surface area contributed by atoms with Gasteiger partial charge in [-0.25, -0.2) is 4.98 Å². The molecule has 2 heterocycles. The predicted octanol–water partition coefficient (Wildman–Crippen LogP) is 4.19. The molecule has 0 aliphatic carbocycles. The second kappa shape index (κ2) is 7.66. The standard InChI is InChI=1S/C20H24N2O3S2/c1-6-15-12(2)16-17(27-15)21-19(26-11-20(3,4)24)22(18(16)23)13-8-7-9-14(10-13)25-5/h7-10,24H,6,11H2,1-5H3. The van der Waals surface area contributed by atoms with E-state index >= 15 is 0 Å². The van der Waals surface area contributed by atoms with Gasteiger partial charge in [-0.2, -0.15) is 0 Å². The number of rotatable bonds is 6. The third kappa shape index (κ3) is 4.05. The molecule has 27 heavy (non-hydrogen) atoms. The van der Waals surface area contributed by atoms with E-state index in [2.05, 4.69) is 6.92 Å². The fourth-order valence-electron chi connectivity index (χ4n) is 2.86. The van der Waals surface area contributed by atoms with Crippen molar-refractivity contribution < 1.29 is 9.84 Å². The second-order valence-corrected chi connectivity index (χ2v) is 9.05. The van der Waals surface area contributed by atoms with Gasteiger partial charge >= 0.3 is 0 Å². The molecule has 0 aliphatic heterocycles. The number of aryl methyl sites for hydroxylation is 2. The normalized spacial score (nSPS) is 11.9. The van der Waals surface area contributed by atoms with Gasteiger partial charge < -0.3 is 9.84 Å². The SMILES string of the molecule is CCc1sc2nc(SCC(C)(C)O)n(-c3cccc(OC)c3)c(=O)c2c1C. The Labute approximate surface area is 167 Å². The van der Waals surface area contributed by atoms with Gasteiger partial charge in [0.1, 0.15) is 10.6 Å². The maximum absolute atomic E-state index is 13.4. The van der Waals surface area contributed by atoms with Crippen LogP contribution in [0.5, 0.6) is 5.75 Å². The van der Waals surface area contributed by atoms with Gasteiger partial charge in [0.2, 0.25) is 0 Å². The number of fused-ring (bicyclic) bond motifs is 1. The van der Waals surface area contributed by atoms with Gasteiger partial charge in [-0.1, -0.05) is 24.8 Å². The Morgan fingerprint density at radius 1 is 1.37 bits per heavy atom. The summed E-state index contributed by atoms with van der Waals surface area (Å²) in [4.78, 5) is 20.2. The lowest BCUT2D eigenvalue weighted by atomic mass is 10.2. The third-order valence-corrected chi connectivity index (χ3v) is 6.93. The van der Waals surface area contributed by atoms with Crippen LogP contribution in [0.15, 0.2) is 34.2 Å². The van der Waals surface area contributed by atoms with Gasteiger partial charge in [0.25, 0.3) is 5.56 Å². The van der Waals surface area contributed by atoms with Crippen LogP contribution in [0.25, 0.3) is 15.9 Å². The average Bonchev–Trinajstić information content (AvgIpc) is 2.95. The number of benzene rings is 1. The number of aromatic nitrogens is 2. The molecule has 144 valence electrons. The molecule has 3 rings (SSSR count). The van der Waals surface area contributed by atoms with Gasteiger partial charge in [0.05, 0.1) is 23.8 Å². The zero-order valence-electron chi connectivity index (χ0n) is 16.2. The van der Waals surface area contributed by atoms with Gasteiger partial charge in [-0.05, 0) is 44.9 Å². The highest BCUT2D eigenvalue weighted by Gasteiger charge is 2.21. The lowest BCUT2D eigenvalue weighted by Gasteiger charge is -2.18. The van der Waals surface area contributed by atoms with Gasteiger partial charge in [-0.15, -0.1) is 11.3 Å². The summed E-state index contributed by atoms with van der Waals surface area (Å²) in [5.41, 5.74) is 0.762. The van der Waals surface area contributed by atoms with E-state index in [0.29, 0.717) is 27.7 Å². The molecule has 7 heteroatoms.